The van der Waals surface area contributed by atoms with Gasteiger partial charge in [0, 0.05) is 29.7 Å². The predicted octanol–water partition coefficient (Wildman–Crippen LogP) is 2.07. The van der Waals surface area contributed by atoms with E-state index >= 15 is 0 Å². The van der Waals surface area contributed by atoms with Crippen LogP contribution in [0.25, 0.3) is 11.0 Å². The molecule has 2 aliphatic rings. The van der Waals surface area contributed by atoms with Crippen molar-refractivity contribution in [2.24, 2.45) is 0 Å². The van der Waals surface area contributed by atoms with Crippen molar-refractivity contribution in [3.63, 3.8) is 0 Å². The second-order valence-corrected chi connectivity index (χ2v) is 5.46. The normalized spacial score (nSPS) is 17.6. The molecule has 2 aromatic rings. The van der Waals surface area contributed by atoms with E-state index in [4.69, 9.17) is 10.2 Å². The SMILES string of the molecule is Nc1cc2cc3c4c(c2oc1=O)CCCN4CCC3. The van der Waals surface area contributed by atoms with Gasteiger partial charge in [-0.25, -0.2) is 4.79 Å². The van der Waals surface area contributed by atoms with Crippen LogP contribution < -0.4 is 16.3 Å². The van der Waals surface area contributed by atoms with E-state index in [-0.39, 0.29) is 5.69 Å². The minimum atomic E-state index is -0.420. The van der Waals surface area contributed by atoms with Gasteiger partial charge in [0.15, 0.2) is 0 Å². The van der Waals surface area contributed by atoms with Crippen LogP contribution in [0.1, 0.15) is 24.0 Å². The van der Waals surface area contributed by atoms with Gasteiger partial charge in [-0.2, -0.15) is 0 Å². The molecule has 4 nitrogen and oxygen atoms in total. The second kappa shape index (κ2) is 3.76. The van der Waals surface area contributed by atoms with Gasteiger partial charge in [0.25, 0.3) is 0 Å². The first kappa shape index (κ1) is 10.9. The van der Waals surface area contributed by atoms with Gasteiger partial charge in [0.1, 0.15) is 11.3 Å². The molecule has 0 spiro atoms. The van der Waals surface area contributed by atoms with Crippen molar-refractivity contribution in [1.29, 1.82) is 0 Å². The van der Waals surface area contributed by atoms with Gasteiger partial charge in [0.2, 0.25) is 0 Å². The van der Waals surface area contributed by atoms with Crippen LogP contribution in [0.3, 0.4) is 0 Å². The Labute approximate surface area is 110 Å². The third-order valence-corrected chi connectivity index (χ3v) is 4.24. The zero-order chi connectivity index (χ0) is 13.0. The number of hydrogen-bond acceptors (Lipinski definition) is 4. The average molecular weight is 256 g/mol. The molecule has 0 fully saturated rings. The van der Waals surface area contributed by atoms with Gasteiger partial charge < -0.3 is 15.1 Å². The molecule has 2 aliphatic heterocycles. The first-order chi connectivity index (χ1) is 9.24. The van der Waals surface area contributed by atoms with Crippen molar-refractivity contribution in [2.45, 2.75) is 25.7 Å². The minimum absolute atomic E-state index is 0.197. The summed E-state index contributed by atoms with van der Waals surface area (Å²) < 4.78 is 5.46. The van der Waals surface area contributed by atoms with Crippen molar-refractivity contribution in [2.75, 3.05) is 23.7 Å². The molecule has 98 valence electrons. The smallest absolute Gasteiger partial charge is 0.359 e. The topological polar surface area (TPSA) is 59.5 Å². The lowest BCUT2D eigenvalue weighted by molar-refractivity contribution is 0.552. The van der Waals surface area contributed by atoms with Crippen LogP contribution in [0.5, 0.6) is 0 Å². The van der Waals surface area contributed by atoms with E-state index in [1.165, 1.54) is 23.2 Å². The molecule has 0 bridgehead atoms. The summed E-state index contributed by atoms with van der Waals surface area (Å²) in [6, 6.07) is 3.90. The molecular formula is C15H16N2O2. The van der Waals surface area contributed by atoms with Gasteiger partial charge in [-0.1, -0.05) is 0 Å². The number of rotatable bonds is 0. The summed E-state index contributed by atoms with van der Waals surface area (Å²) in [5, 5.41) is 0.967. The van der Waals surface area contributed by atoms with E-state index in [2.05, 4.69) is 11.0 Å². The van der Waals surface area contributed by atoms with Crippen LogP contribution in [0.4, 0.5) is 11.4 Å². The number of nitrogen functional groups attached to an aromatic ring is 1. The maximum atomic E-state index is 11.7. The molecular weight excluding hydrogens is 240 g/mol. The molecule has 0 saturated heterocycles. The van der Waals surface area contributed by atoms with Gasteiger partial charge in [-0.15, -0.1) is 0 Å². The summed E-state index contributed by atoms with van der Waals surface area (Å²) in [5.41, 5.74) is 10.1. The first-order valence-corrected chi connectivity index (χ1v) is 6.87. The Morgan fingerprint density at radius 1 is 1.16 bits per heavy atom. The Balaban J connectivity index is 2.12. The highest BCUT2D eigenvalue weighted by molar-refractivity contribution is 5.89. The van der Waals surface area contributed by atoms with E-state index in [1.807, 2.05) is 0 Å². The fourth-order valence-corrected chi connectivity index (χ4v) is 3.46. The summed E-state index contributed by atoms with van der Waals surface area (Å²) >= 11 is 0. The van der Waals surface area contributed by atoms with Gasteiger partial charge in [-0.3, -0.25) is 0 Å². The lowest BCUT2D eigenvalue weighted by Gasteiger charge is -2.37. The average Bonchev–Trinajstić information content (AvgIpc) is 2.42. The Morgan fingerprint density at radius 3 is 2.79 bits per heavy atom. The number of nitrogens with two attached hydrogens (primary N) is 1. The van der Waals surface area contributed by atoms with Crippen LogP contribution in [0, 0.1) is 0 Å². The lowest BCUT2D eigenvalue weighted by atomic mass is 9.90. The molecule has 0 aliphatic carbocycles. The summed E-state index contributed by atoms with van der Waals surface area (Å²) in [6.45, 7) is 2.23. The summed E-state index contributed by atoms with van der Waals surface area (Å²) in [4.78, 5) is 14.1. The molecule has 3 heterocycles. The molecule has 4 rings (SSSR count). The zero-order valence-electron chi connectivity index (χ0n) is 10.7. The molecule has 1 aromatic carbocycles. The highest BCUT2D eigenvalue weighted by Gasteiger charge is 2.26. The second-order valence-electron chi connectivity index (χ2n) is 5.46. The van der Waals surface area contributed by atoms with Crippen molar-refractivity contribution >= 4 is 22.3 Å². The van der Waals surface area contributed by atoms with Crippen LogP contribution in [0.15, 0.2) is 21.3 Å². The molecule has 2 N–H and O–H groups in total. The number of benzene rings is 1. The number of nitrogens with zero attached hydrogens (tertiary/aromatic N) is 1. The van der Waals surface area contributed by atoms with Crippen LogP contribution >= 0.6 is 0 Å². The third kappa shape index (κ3) is 1.49. The van der Waals surface area contributed by atoms with Crippen LogP contribution in [-0.4, -0.2) is 13.1 Å². The molecule has 0 atom stereocenters. The molecule has 1 aromatic heterocycles. The van der Waals surface area contributed by atoms with E-state index in [9.17, 15) is 4.79 Å². The first-order valence-electron chi connectivity index (χ1n) is 6.87. The number of aryl methyl sites for hydroxylation is 2. The number of hydrogen-bond donors (Lipinski definition) is 1. The minimum Gasteiger partial charge on any atom is -0.421 e. The molecule has 0 unspecified atom stereocenters. The number of anilines is 2. The Bertz CT molecular complexity index is 731. The molecule has 4 heteroatoms. The summed E-state index contributed by atoms with van der Waals surface area (Å²) in [5.74, 6) is 0. The summed E-state index contributed by atoms with van der Waals surface area (Å²) in [7, 11) is 0. The van der Waals surface area contributed by atoms with E-state index in [0.717, 1.165) is 43.3 Å². The van der Waals surface area contributed by atoms with Crippen molar-refractivity contribution in [3.05, 3.63) is 33.7 Å². The monoisotopic (exact) mass is 256 g/mol. The van der Waals surface area contributed by atoms with Crippen molar-refractivity contribution in [1.82, 2.24) is 0 Å². The Hall–Kier alpha value is -1.97. The predicted molar refractivity (Wildman–Crippen MR) is 75.8 cm³/mol. The lowest BCUT2D eigenvalue weighted by Crippen LogP contribution is -2.34. The highest BCUT2D eigenvalue weighted by Crippen LogP contribution is 2.39. The third-order valence-electron chi connectivity index (χ3n) is 4.24. The van der Waals surface area contributed by atoms with Gasteiger partial charge in [0.05, 0.1) is 0 Å². The van der Waals surface area contributed by atoms with E-state index in [0.29, 0.717) is 0 Å². The molecule has 19 heavy (non-hydrogen) atoms. The number of fused-ring (bicyclic) bond motifs is 2. The van der Waals surface area contributed by atoms with Gasteiger partial charge in [-0.05, 0) is 43.4 Å². The molecule has 0 amide bonds. The zero-order valence-corrected chi connectivity index (χ0v) is 10.7. The van der Waals surface area contributed by atoms with Crippen molar-refractivity contribution in [3.8, 4) is 0 Å². The summed E-state index contributed by atoms with van der Waals surface area (Å²) in [6.07, 6.45) is 4.42. The molecule has 0 radical (unpaired) electrons. The van der Waals surface area contributed by atoms with Crippen LogP contribution in [-0.2, 0) is 12.8 Å². The largest absolute Gasteiger partial charge is 0.421 e. The fourth-order valence-electron chi connectivity index (χ4n) is 3.46. The highest BCUT2D eigenvalue weighted by atomic mass is 16.4. The standard InChI is InChI=1S/C15H16N2O2/c16-12-8-10-7-9-3-1-5-17-6-2-4-11(13(9)17)14(10)19-15(12)18/h7-8H,1-6,16H2. The molecule has 0 saturated carbocycles. The maximum Gasteiger partial charge on any atom is 0.359 e. The Morgan fingerprint density at radius 2 is 1.95 bits per heavy atom. The van der Waals surface area contributed by atoms with Gasteiger partial charge >= 0.3 is 5.63 Å². The Kier molecular flexibility index (Phi) is 2.16. The van der Waals surface area contributed by atoms with Crippen LogP contribution in [0.2, 0.25) is 0 Å². The maximum absolute atomic E-state index is 11.7. The van der Waals surface area contributed by atoms with E-state index in [1.54, 1.807) is 6.07 Å². The van der Waals surface area contributed by atoms with Crippen molar-refractivity contribution < 1.29 is 4.42 Å². The quantitative estimate of drug-likeness (QED) is 0.733. The fraction of sp³-hybridized carbons (Fsp3) is 0.400. The van der Waals surface area contributed by atoms with E-state index < -0.39 is 5.63 Å².